The quantitative estimate of drug-likeness (QED) is 0.302. The predicted molar refractivity (Wildman–Crippen MR) is 115 cm³/mol. The molecular weight excluding hydrogens is 402 g/mol. The molecule has 166 valence electrons. The van der Waals surface area contributed by atoms with E-state index in [1.165, 1.54) is 0 Å². The van der Waals surface area contributed by atoms with E-state index in [-0.39, 0.29) is 18.3 Å². The maximum Gasteiger partial charge on any atom is 0.294 e. The number of benzene rings is 2. The highest BCUT2D eigenvalue weighted by molar-refractivity contribution is 6.00. The molecule has 3 rings (SSSR count). The molecular formula is C22H27N3O6. The Morgan fingerprint density at radius 2 is 1.94 bits per heavy atom. The molecule has 9 nitrogen and oxygen atoms in total. The molecule has 0 aromatic heterocycles. The summed E-state index contributed by atoms with van der Waals surface area (Å²) in [5.74, 6) is 0.904. The average molecular weight is 429 g/mol. The highest BCUT2D eigenvalue weighted by Crippen LogP contribution is 2.36. The molecule has 31 heavy (non-hydrogen) atoms. The van der Waals surface area contributed by atoms with Crippen LogP contribution in [0.2, 0.25) is 0 Å². The zero-order valence-electron chi connectivity index (χ0n) is 17.5. The van der Waals surface area contributed by atoms with Crippen molar-refractivity contribution in [1.82, 2.24) is 4.90 Å². The van der Waals surface area contributed by atoms with Crippen LogP contribution >= 0.6 is 0 Å². The topological polar surface area (TPSA) is 114 Å². The smallest absolute Gasteiger partial charge is 0.294 e. The van der Waals surface area contributed by atoms with Gasteiger partial charge in [0.25, 0.3) is 11.0 Å². The third kappa shape index (κ3) is 5.78. The zero-order chi connectivity index (χ0) is 22.2. The van der Waals surface area contributed by atoms with Crippen LogP contribution in [0.4, 0.5) is 5.69 Å². The van der Waals surface area contributed by atoms with Crippen LogP contribution in [0.25, 0.3) is 0 Å². The van der Waals surface area contributed by atoms with Gasteiger partial charge in [0.15, 0.2) is 0 Å². The Labute approximate surface area is 180 Å². The standard InChI is InChI=1S/C22H27N3O6/c1-30-20-10-9-18-19(21(20)23-12-3-2-4-14-31-25(28)29)15-24(22(18)27)13-11-16-5-7-17(26)8-6-16/h5-10,23,26H,2-4,11-15H2,1H3. The summed E-state index contributed by atoms with van der Waals surface area (Å²) in [5, 5.41) is 22.2. The molecule has 9 heteroatoms. The van der Waals surface area contributed by atoms with E-state index < -0.39 is 5.09 Å². The lowest BCUT2D eigenvalue weighted by molar-refractivity contribution is -0.757. The molecule has 0 unspecified atom stereocenters. The number of unbranched alkanes of at least 4 members (excludes halogenated alkanes) is 2. The van der Waals surface area contributed by atoms with Crippen molar-refractivity contribution in [3.05, 3.63) is 63.2 Å². The summed E-state index contributed by atoms with van der Waals surface area (Å²) in [4.78, 5) is 29.2. The first-order valence-corrected chi connectivity index (χ1v) is 10.3. The Balaban J connectivity index is 1.58. The van der Waals surface area contributed by atoms with Crippen molar-refractivity contribution in [3.8, 4) is 11.5 Å². The number of rotatable bonds is 12. The lowest BCUT2D eigenvalue weighted by Gasteiger charge is -2.17. The maximum absolute atomic E-state index is 12.9. The Morgan fingerprint density at radius 3 is 2.65 bits per heavy atom. The second-order valence-electron chi connectivity index (χ2n) is 7.36. The molecule has 0 atom stereocenters. The fourth-order valence-electron chi connectivity index (χ4n) is 3.65. The minimum Gasteiger partial charge on any atom is -0.508 e. The number of phenols is 1. The van der Waals surface area contributed by atoms with E-state index in [2.05, 4.69) is 10.2 Å². The molecule has 2 N–H and O–H groups in total. The molecule has 1 amide bonds. The molecule has 1 aliphatic rings. The number of aromatic hydroxyl groups is 1. The van der Waals surface area contributed by atoms with Crippen LogP contribution in [-0.2, 0) is 17.8 Å². The Bertz CT molecular complexity index is 916. The number of amides is 1. The molecule has 0 radical (unpaired) electrons. The third-order valence-electron chi connectivity index (χ3n) is 5.29. The van der Waals surface area contributed by atoms with Gasteiger partial charge in [-0.3, -0.25) is 4.79 Å². The summed E-state index contributed by atoms with van der Waals surface area (Å²) in [6.45, 7) is 1.84. The fraction of sp³-hybridized carbons (Fsp3) is 0.409. The normalized spacial score (nSPS) is 12.5. The lowest BCUT2D eigenvalue weighted by Crippen LogP contribution is -2.26. The number of fused-ring (bicyclic) bond motifs is 1. The van der Waals surface area contributed by atoms with E-state index in [4.69, 9.17) is 4.74 Å². The Morgan fingerprint density at radius 1 is 1.16 bits per heavy atom. The monoisotopic (exact) mass is 429 g/mol. The van der Waals surface area contributed by atoms with Crippen LogP contribution < -0.4 is 10.1 Å². The molecule has 2 aromatic rings. The first kappa shape index (κ1) is 22.2. The number of carbonyl (C=O) groups excluding carboxylic acids is 1. The SMILES string of the molecule is COc1ccc2c(c1NCCCCCO[N+](=O)[O-])CN(CCc1ccc(O)cc1)C2=O. The molecule has 0 saturated heterocycles. The van der Waals surface area contributed by atoms with Crippen molar-refractivity contribution in [3.63, 3.8) is 0 Å². The molecule has 1 heterocycles. The van der Waals surface area contributed by atoms with Crippen LogP contribution in [-0.4, -0.2) is 47.8 Å². The van der Waals surface area contributed by atoms with Crippen LogP contribution in [0.3, 0.4) is 0 Å². The lowest BCUT2D eigenvalue weighted by atomic mass is 10.1. The second kappa shape index (κ2) is 10.5. The van der Waals surface area contributed by atoms with Crippen LogP contribution in [0.1, 0.15) is 40.7 Å². The highest BCUT2D eigenvalue weighted by Gasteiger charge is 2.30. The summed E-state index contributed by atoms with van der Waals surface area (Å²) in [6, 6.07) is 10.6. The fourth-order valence-corrected chi connectivity index (χ4v) is 3.65. The molecule has 0 saturated carbocycles. The van der Waals surface area contributed by atoms with E-state index in [9.17, 15) is 20.0 Å². The minimum absolute atomic E-state index is 0.00332. The van der Waals surface area contributed by atoms with Crippen LogP contribution in [0.5, 0.6) is 11.5 Å². The third-order valence-corrected chi connectivity index (χ3v) is 5.29. The summed E-state index contributed by atoms with van der Waals surface area (Å²) >= 11 is 0. The number of methoxy groups -OCH3 is 1. The van der Waals surface area contributed by atoms with Gasteiger partial charge in [0.05, 0.1) is 19.4 Å². The van der Waals surface area contributed by atoms with Gasteiger partial charge in [0.2, 0.25) is 0 Å². The van der Waals surface area contributed by atoms with Crippen molar-refractivity contribution in [2.24, 2.45) is 0 Å². The number of phenolic OH excluding ortho intramolecular Hbond substituents is 1. The number of hydrogen-bond acceptors (Lipinski definition) is 7. The van der Waals surface area contributed by atoms with Crippen molar-refractivity contribution in [2.45, 2.75) is 32.2 Å². The van der Waals surface area contributed by atoms with Gasteiger partial charge in [0.1, 0.15) is 11.5 Å². The average Bonchev–Trinajstić information content (AvgIpc) is 3.08. The Kier molecular flexibility index (Phi) is 7.53. The van der Waals surface area contributed by atoms with E-state index >= 15 is 0 Å². The summed E-state index contributed by atoms with van der Waals surface area (Å²) in [6.07, 6.45) is 2.91. The second-order valence-corrected chi connectivity index (χ2v) is 7.36. The van der Waals surface area contributed by atoms with E-state index in [0.717, 1.165) is 29.7 Å². The van der Waals surface area contributed by atoms with Gasteiger partial charge in [-0.05, 0) is 55.5 Å². The largest absolute Gasteiger partial charge is 0.508 e. The molecule has 0 bridgehead atoms. The molecule has 2 aromatic carbocycles. The number of carbonyl (C=O) groups is 1. The summed E-state index contributed by atoms with van der Waals surface area (Å²) in [5.41, 5.74) is 3.47. The predicted octanol–water partition coefficient (Wildman–Crippen LogP) is 3.39. The van der Waals surface area contributed by atoms with E-state index in [1.54, 1.807) is 31.4 Å². The molecule has 0 spiro atoms. The van der Waals surface area contributed by atoms with Crippen molar-refractivity contribution in [2.75, 3.05) is 32.1 Å². The maximum atomic E-state index is 12.9. The number of nitrogens with zero attached hydrogens (tertiary/aromatic N) is 2. The van der Waals surface area contributed by atoms with Gasteiger partial charge in [-0.2, -0.15) is 0 Å². The molecule has 1 aliphatic heterocycles. The van der Waals surface area contributed by atoms with Crippen molar-refractivity contribution in [1.29, 1.82) is 0 Å². The van der Waals surface area contributed by atoms with E-state index in [1.807, 2.05) is 17.0 Å². The molecule has 0 aliphatic carbocycles. The van der Waals surface area contributed by atoms with Gasteiger partial charge in [-0.25, -0.2) is 0 Å². The highest BCUT2D eigenvalue weighted by atomic mass is 16.9. The number of hydrogen-bond donors (Lipinski definition) is 2. The Hall–Kier alpha value is -3.49. The van der Waals surface area contributed by atoms with Gasteiger partial charge < -0.3 is 24.9 Å². The zero-order valence-corrected chi connectivity index (χ0v) is 17.5. The van der Waals surface area contributed by atoms with E-state index in [0.29, 0.717) is 43.8 Å². The van der Waals surface area contributed by atoms with Crippen molar-refractivity contribution >= 4 is 11.6 Å². The van der Waals surface area contributed by atoms with Crippen molar-refractivity contribution < 1.29 is 24.6 Å². The van der Waals surface area contributed by atoms with Gasteiger partial charge in [-0.15, -0.1) is 10.1 Å². The van der Waals surface area contributed by atoms with Gasteiger partial charge in [-0.1, -0.05) is 12.1 Å². The van der Waals surface area contributed by atoms with Crippen LogP contribution in [0, 0.1) is 10.1 Å². The number of nitrogens with one attached hydrogen (secondary N) is 1. The van der Waals surface area contributed by atoms with Crippen LogP contribution in [0.15, 0.2) is 36.4 Å². The first-order valence-electron chi connectivity index (χ1n) is 10.3. The number of anilines is 1. The minimum atomic E-state index is -0.777. The summed E-state index contributed by atoms with van der Waals surface area (Å²) < 4.78 is 5.49. The van der Waals surface area contributed by atoms with Gasteiger partial charge in [0, 0.05) is 30.8 Å². The number of ether oxygens (including phenoxy) is 1. The van der Waals surface area contributed by atoms with Gasteiger partial charge >= 0.3 is 0 Å². The summed E-state index contributed by atoms with van der Waals surface area (Å²) in [7, 11) is 1.60. The molecule has 0 fully saturated rings. The first-order chi connectivity index (χ1) is 15.0.